The molecular formula is C18H13BrClF3N2O2S. The fourth-order valence-corrected chi connectivity index (χ4v) is 4.11. The molecule has 0 N–H and O–H groups in total. The number of rotatable bonds is 5. The molecule has 2 aromatic carbocycles. The summed E-state index contributed by atoms with van der Waals surface area (Å²) in [5, 5.41) is -0.139. The van der Waals surface area contributed by atoms with Gasteiger partial charge >= 0.3 is 6.36 Å². The van der Waals surface area contributed by atoms with Crippen molar-refractivity contribution >= 4 is 50.2 Å². The maximum Gasteiger partial charge on any atom is 0.573 e. The molecule has 148 valence electrons. The quantitative estimate of drug-likeness (QED) is 0.417. The molecule has 3 aromatic rings. The van der Waals surface area contributed by atoms with Crippen LogP contribution < -0.4 is 10.3 Å². The van der Waals surface area contributed by atoms with Gasteiger partial charge in [0.05, 0.1) is 28.8 Å². The highest BCUT2D eigenvalue weighted by Crippen LogP contribution is 2.30. The first-order chi connectivity index (χ1) is 13.2. The number of alkyl halides is 3. The third-order valence-electron chi connectivity index (χ3n) is 3.75. The minimum absolute atomic E-state index is 0.0473. The zero-order valence-electron chi connectivity index (χ0n) is 14.4. The van der Waals surface area contributed by atoms with E-state index >= 15 is 0 Å². The van der Waals surface area contributed by atoms with Gasteiger partial charge in [-0.05, 0) is 35.6 Å². The predicted octanol–water partition coefficient (Wildman–Crippen LogP) is 5.87. The lowest BCUT2D eigenvalue weighted by molar-refractivity contribution is -0.274. The second kappa shape index (κ2) is 8.34. The largest absolute Gasteiger partial charge is 0.573 e. The summed E-state index contributed by atoms with van der Waals surface area (Å²) in [5.41, 5.74) is 0.500. The Hall–Kier alpha value is -1.71. The number of ether oxygens (including phenoxy) is 1. The van der Waals surface area contributed by atoms with Crippen molar-refractivity contribution in [3.05, 3.63) is 62.1 Å². The fourth-order valence-electron chi connectivity index (χ4n) is 2.66. The SMILES string of the molecule is CCSc1ccc(Br)cc1Cn1cnc2c(Cl)cc(OC(F)(F)F)cc2c1=O. The zero-order valence-corrected chi connectivity index (χ0v) is 17.5. The van der Waals surface area contributed by atoms with E-state index in [-0.39, 0.29) is 22.5 Å². The molecule has 1 heterocycles. The molecule has 0 spiro atoms. The lowest BCUT2D eigenvalue weighted by Gasteiger charge is -2.13. The van der Waals surface area contributed by atoms with Crippen LogP contribution in [0.15, 0.2) is 50.8 Å². The third-order valence-corrected chi connectivity index (χ3v) is 5.53. The molecular weight excluding hydrogens is 481 g/mol. The molecule has 1 aromatic heterocycles. The van der Waals surface area contributed by atoms with Crippen LogP contribution in [0, 0.1) is 0 Å². The van der Waals surface area contributed by atoms with Gasteiger partial charge in [0, 0.05) is 15.4 Å². The van der Waals surface area contributed by atoms with Crippen molar-refractivity contribution in [3.63, 3.8) is 0 Å². The van der Waals surface area contributed by atoms with E-state index in [2.05, 4.69) is 25.7 Å². The second-order valence-corrected chi connectivity index (χ2v) is 8.34. The number of thioether (sulfide) groups is 1. The molecule has 0 saturated carbocycles. The number of fused-ring (bicyclic) bond motifs is 1. The Balaban J connectivity index is 2.07. The molecule has 0 radical (unpaired) electrons. The maximum absolute atomic E-state index is 12.9. The molecule has 10 heteroatoms. The Labute approximate surface area is 175 Å². The standard InChI is InChI=1S/C18H13BrClF3N2O2S/c1-2-28-15-4-3-11(19)5-10(15)8-25-9-24-16-13(17(25)26)6-12(7-14(16)20)27-18(21,22)23/h3-7,9H,2,8H2,1H3. The molecule has 0 atom stereocenters. The molecule has 28 heavy (non-hydrogen) atoms. The monoisotopic (exact) mass is 492 g/mol. The van der Waals surface area contributed by atoms with Gasteiger partial charge in [-0.25, -0.2) is 4.98 Å². The predicted molar refractivity (Wildman–Crippen MR) is 107 cm³/mol. The van der Waals surface area contributed by atoms with Crippen LogP contribution in [0.1, 0.15) is 12.5 Å². The summed E-state index contributed by atoms with van der Waals surface area (Å²) in [6.45, 7) is 2.23. The molecule has 3 rings (SSSR count). The number of hydrogen-bond donors (Lipinski definition) is 0. The van der Waals surface area contributed by atoms with E-state index < -0.39 is 17.7 Å². The summed E-state index contributed by atoms with van der Waals surface area (Å²) in [5.74, 6) is 0.291. The van der Waals surface area contributed by atoms with Gasteiger partial charge in [0.25, 0.3) is 5.56 Å². The topological polar surface area (TPSA) is 44.1 Å². The van der Waals surface area contributed by atoms with E-state index in [1.165, 1.54) is 10.9 Å². The van der Waals surface area contributed by atoms with Crippen molar-refractivity contribution in [3.8, 4) is 5.75 Å². The van der Waals surface area contributed by atoms with Gasteiger partial charge in [-0.3, -0.25) is 9.36 Å². The lowest BCUT2D eigenvalue weighted by atomic mass is 10.2. The summed E-state index contributed by atoms with van der Waals surface area (Å²) in [6.07, 6.45) is -3.55. The van der Waals surface area contributed by atoms with E-state index in [0.717, 1.165) is 32.8 Å². The second-order valence-electron chi connectivity index (χ2n) is 5.71. The lowest BCUT2D eigenvalue weighted by Crippen LogP contribution is -2.22. The van der Waals surface area contributed by atoms with Crippen molar-refractivity contribution in [1.29, 1.82) is 0 Å². The van der Waals surface area contributed by atoms with Crippen molar-refractivity contribution < 1.29 is 17.9 Å². The van der Waals surface area contributed by atoms with Crippen LogP contribution in [-0.2, 0) is 6.54 Å². The maximum atomic E-state index is 12.9. The molecule has 0 bridgehead atoms. The van der Waals surface area contributed by atoms with Crippen LogP contribution in [0.25, 0.3) is 10.9 Å². The van der Waals surface area contributed by atoms with Crippen LogP contribution in [-0.4, -0.2) is 21.7 Å². The van der Waals surface area contributed by atoms with E-state index in [9.17, 15) is 18.0 Å². The number of halogens is 5. The Morgan fingerprint density at radius 2 is 2.04 bits per heavy atom. The number of benzene rings is 2. The number of nitrogens with zero attached hydrogens (tertiary/aromatic N) is 2. The van der Waals surface area contributed by atoms with Crippen LogP contribution in [0.3, 0.4) is 0 Å². The molecule has 0 amide bonds. The van der Waals surface area contributed by atoms with E-state index in [4.69, 9.17) is 11.6 Å². The van der Waals surface area contributed by atoms with E-state index in [1.807, 2.05) is 25.1 Å². The highest BCUT2D eigenvalue weighted by Gasteiger charge is 2.31. The average Bonchev–Trinajstić information content (AvgIpc) is 2.59. The number of aromatic nitrogens is 2. The summed E-state index contributed by atoms with van der Waals surface area (Å²) in [4.78, 5) is 18.0. The van der Waals surface area contributed by atoms with Gasteiger partial charge in [-0.15, -0.1) is 24.9 Å². The van der Waals surface area contributed by atoms with Crippen molar-refractivity contribution in [2.75, 3.05) is 5.75 Å². The van der Waals surface area contributed by atoms with Gasteiger partial charge in [0.2, 0.25) is 0 Å². The summed E-state index contributed by atoms with van der Waals surface area (Å²) >= 11 is 11.0. The Bertz CT molecular complexity index is 1090. The van der Waals surface area contributed by atoms with Crippen LogP contribution in [0.4, 0.5) is 13.2 Å². The Morgan fingerprint density at radius 1 is 1.29 bits per heavy atom. The van der Waals surface area contributed by atoms with Gasteiger partial charge in [0.15, 0.2) is 0 Å². The summed E-state index contributed by atoms with van der Waals surface area (Å²) in [7, 11) is 0. The zero-order chi connectivity index (χ0) is 20.5. The third kappa shape index (κ3) is 4.82. The van der Waals surface area contributed by atoms with Crippen LogP contribution >= 0.6 is 39.3 Å². The van der Waals surface area contributed by atoms with E-state index in [0.29, 0.717) is 0 Å². The van der Waals surface area contributed by atoms with Gasteiger partial charge in [0.1, 0.15) is 5.75 Å². The first kappa shape index (κ1) is 21.0. The minimum Gasteiger partial charge on any atom is -0.406 e. The van der Waals surface area contributed by atoms with Crippen molar-refractivity contribution in [2.45, 2.75) is 24.7 Å². The molecule has 0 saturated heterocycles. The average molecular weight is 494 g/mol. The van der Waals surface area contributed by atoms with Crippen molar-refractivity contribution in [2.24, 2.45) is 0 Å². The van der Waals surface area contributed by atoms with E-state index in [1.54, 1.807) is 11.8 Å². The highest BCUT2D eigenvalue weighted by atomic mass is 79.9. The van der Waals surface area contributed by atoms with Crippen molar-refractivity contribution in [1.82, 2.24) is 9.55 Å². The molecule has 0 aliphatic heterocycles. The van der Waals surface area contributed by atoms with Gasteiger partial charge < -0.3 is 4.74 Å². The summed E-state index contributed by atoms with van der Waals surface area (Å²) < 4.78 is 43.7. The molecule has 0 aliphatic rings. The van der Waals surface area contributed by atoms with Crippen LogP contribution in [0.2, 0.25) is 5.02 Å². The molecule has 4 nitrogen and oxygen atoms in total. The number of hydrogen-bond acceptors (Lipinski definition) is 4. The molecule has 0 fully saturated rings. The first-order valence-corrected chi connectivity index (χ1v) is 10.2. The highest BCUT2D eigenvalue weighted by molar-refractivity contribution is 9.10. The van der Waals surface area contributed by atoms with Gasteiger partial charge in [-0.2, -0.15) is 0 Å². The smallest absolute Gasteiger partial charge is 0.406 e. The van der Waals surface area contributed by atoms with Crippen LogP contribution in [0.5, 0.6) is 5.75 Å². The molecule has 0 aliphatic carbocycles. The first-order valence-electron chi connectivity index (χ1n) is 8.03. The minimum atomic E-state index is -4.89. The fraction of sp³-hybridized carbons (Fsp3) is 0.222. The normalized spacial score (nSPS) is 11.8. The Kier molecular flexibility index (Phi) is 6.26. The summed E-state index contributed by atoms with van der Waals surface area (Å²) in [6, 6.07) is 7.73. The Morgan fingerprint density at radius 3 is 2.71 bits per heavy atom. The van der Waals surface area contributed by atoms with Gasteiger partial charge in [-0.1, -0.05) is 34.5 Å². The molecule has 0 unspecified atom stereocenters.